The van der Waals surface area contributed by atoms with E-state index in [1.165, 1.54) is 0 Å². The van der Waals surface area contributed by atoms with Crippen LogP contribution in [0.15, 0.2) is 12.1 Å². The van der Waals surface area contributed by atoms with Crippen molar-refractivity contribution < 1.29 is 24.7 Å². The molecule has 0 saturated carbocycles. The molecule has 0 aromatic heterocycles. The lowest BCUT2D eigenvalue weighted by Crippen LogP contribution is -2.23. The Hall–Kier alpha value is -2.55. The van der Waals surface area contributed by atoms with Crippen molar-refractivity contribution in [2.24, 2.45) is 5.73 Å². The zero-order chi connectivity index (χ0) is 19.1. The van der Waals surface area contributed by atoms with Crippen LogP contribution < -0.4 is 15.4 Å². The van der Waals surface area contributed by atoms with Crippen LogP contribution >= 0.6 is 0 Å². The molecule has 0 bridgehead atoms. The molecule has 0 fully saturated rings. The number of benzene rings is 1. The number of primary amides is 1. The maximum atomic E-state index is 11.3. The van der Waals surface area contributed by atoms with Crippen molar-refractivity contribution in [3.05, 3.63) is 27.8 Å². The zero-order valence-corrected chi connectivity index (χ0v) is 14.6. The third-order valence-corrected chi connectivity index (χ3v) is 3.15. The Morgan fingerprint density at radius 2 is 1.92 bits per heavy atom. The lowest BCUT2D eigenvalue weighted by Gasteiger charge is -2.25. The van der Waals surface area contributed by atoms with E-state index in [0.717, 1.165) is 5.56 Å². The highest BCUT2D eigenvalue weighted by molar-refractivity contribution is 5.68. The number of methoxy groups -OCH3 is 1. The molecule has 0 radical (unpaired) electrons. The van der Waals surface area contributed by atoms with E-state index < -0.39 is 11.0 Å². The van der Waals surface area contributed by atoms with Crippen LogP contribution in [0.2, 0.25) is 0 Å². The van der Waals surface area contributed by atoms with Crippen LogP contribution in [0.3, 0.4) is 0 Å². The van der Waals surface area contributed by atoms with Gasteiger partial charge in [-0.25, -0.2) is 4.79 Å². The van der Waals surface area contributed by atoms with Crippen molar-refractivity contribution >= 4 is 17.5 Å². The third-order valence-electron chi connectivity index (χ3n) is 3.15. The molecule has 9 nitrogen and oxygen atoms in total. The molecule has 0 spiro atoms. The summed E-state index contributed by atoms with van der Waals surface area (Å²) >= 11 is 0. The number of nitro benzene ring substituents is 1. The number of ether oxygens (including phenoxy) is 1. The number of rotatable bonds is 5. The van der Waals surface area contributed by atoms with Gasteiger partial charge in [0.2, 0.25) is 0 Å². The van der Waals surface area contributed by atoms with Crippen LogP contribution in [0.5, 0.6) is 5.75 Å². The maximum absolute atomic E-state index is 11.3. The highest BCUT2D eigenvalue weighted by atomic mass is 16.6. The molecule has 1 rings (SSSR count). The first kappa shape index (κ1) is 21.4. The quantitative estimate of drug-likeness (QED) is 0.548. The van der Waals surface area contributed by atoms with Crippen LogP contribution in [0.1, 0.15) is 26.3 Å². The van der Waals surface area contributed by atoms with Crippen molar-refractivity contribution in [3.8, 4) is 5.75 Å². The van der Waals surface area contributed by atoms with Gasteiger partial charge in [0.05, 0.1) is 18.6 Å². The number of carboxylic acid groups (broad SMARTS) is 1. The smallest absolute Gasteiger partial charge is 0.402 e. The SMILES string of the molecule is COc1cc(N(C)CCO)c([N+](=O)[O-])cc1C(C)(C)C.NC(=O)O. The second-order valence-electron chi connectivity index (χ2n) is 6.03. The Balaban J connectivity index is 0.00000118. The average molecular weight is 343 g/mol. The minimum atomic E-state index is -1.33. The van der Waals surface area contributed by atoms with E-state index in [1.54, 1.807) is 31.2 Å². The molecule has 9 heteroatoms. The molecular formula is C15H25N3O6. The van der Waals surface area contributed by atoms with Crippen molar-refractivity contribution in [3.63, 3.8) is 0 Å². The van der Waals surface area contributed by atoms with Gasteiger partial charge in [-0.2, -0.15) is 0 Å². The molecule has 0 atom stereocenters. The van der Waals surface area contributed by atoms with Crippen molar-refractivity contribution in [2.45, 2.75) is 26.2 Å². The monoisotopic (exact) mass is 343 g/mol. The predicted molar refractivity (Wildman–Crippen MR) is 90.9 cm³/mol. The van der Waals surface area contributed by atoms with Gasteiger partial charge in [0.1, 0.15) is 11.4 Å². The molecule has 0 aliphatic carbocycles. The number of nitrogens with two attached hydrogens (primary N) is 1. The Morgan fingerprint density at radius 1 is 1.42 bits per heavy atom. The van der Waals surface area contributed by atoms with Crippen LogP contribution in [-0.4, -0.2) is 48.5 Å². The van der Waals surface area contributed by atoms with Gasteiger partial charge in [-0.1, -0.05) is 20.8 Å². The number of aliphatic hydroxyl groups is 1. The molecule has 0 aliphatic rings. The highest BCUT2D eigenvalue weighted by Gasteiger charge is 2.26. The second kappa shape index (κ2) is 8.92. The minimum absolute atomic E-state index is 0.0201. The fourth-order valence-electron chi connectivity index (χ4n) is 2.04. The van der Waals surface area contributed by atoms with Crippen molar-refractivity contribution in [1.29, 1.82) is 0 Å². The fraction of sp³-hybridized carbons (Fsp3) is 0.533. The van der Waals surface area contributed by atoms with Crippen LogP contribution in [0, 0.1) is 10.1 Å². The van der Waals surface area contributed by atoms with Crippen molar-refractivity contribution in [1.82, 2.24) is 0 Å². The molecule has 0 unspecified atom stereocenters. The van der Waals surface area contributed by atoms with Gasteiger partial charge >= 0.3 is 6.09 Å². The molecule has 0 aliphatic heterocycles. The Morgan fingerprint density at radius 3 is 2.25 bits per heavy atom. The first-order chi connectivity index (χ1) is 10.9. The lowest BCUT2D eigenvalue weighted by atomic mass is 9.85. The molecular weight excluding hydrogens is 318 g/mol. The molecule has 136 valence electrons. The second-order valence-corrected chi connectivity index (χ2v) is 6.03. The summed E-state index contributed by atoms with van der Waals surface area (Å²) in [6.07, 6.45) is -1.33. The number of aliphatic hydroxyl groups excluding tert-OH is 1. The fourth-order valence-corrected chi connectivity index (χ4v) is 2.04. The van der Waals surface area contributed by atoms with E-state index in [0.29, 0.717) is 18.0 Å². The number of hydrogen-bond acceptors (Lipinski definition) is 6. The summed E-state index contributed by atoms with van der Waals surface area (Å²) in [5, 5.41) is 27.5. The Labute approximate surface area is 140 Å². The van der Waals surface area contributed by atoms with E-state index in [2.05, 4.69) is 5.73 Å². The van der Waals surface area contributed by atoms with Crippen LogP contribution in [-0.2, 0) is 5.41 Å². The van der Waals surface area contributed by atoms with Gasteiger partial charge in [0.25, 0.3) is 5.69 Å². The molecule has 4 N–H and O–H groups in total. The van der Waals surface area contributed by atoms with E-state index >= 15 is 0 Å². The highest BCUT2D eigenvalue weighted by Crippen LogP contribution is 2.40. The molecule has 0 heterocycles. The molecule has 1 amide bonds. The van der Waals surface area contributed by atoms with E-state index in [1.807, 2.05) is 20.8 Å². The third kappa shape index (κ3) is 6.29. The summed E-state index contributed by atoms with van der Waals surface area (Å²) in [6.45, 7) is 6.18. The largest absolute Gasteiger partial charge is 0.496 e. The number of amides is 1. The zero-order valence-electron chi connectivity index (χ0n) is 14.6. The maximum Gasteiger partial charge on any atom is 0.402 e. The number of carbonyl (C=O) groups is 1. The number of nitrogens with zero attached hydrogens (tertiary/aromatic N) is 2. The van der Waals surface area contributed by atoms with Gasteiger partial charge in [-0.3, -0.25) is 10.1 Å². The first-order valence-electron chi connectivity index (χ1n) is 7.13. The summed E-state index contributed by atoms with van der Waals surface area (Å²) in [6, 6.07) is 3.22. The predicted octanol–water partition coefficient (Wildman–Crippen LogP) is 1.95. The minimum Gasteiger partial charge on any atom is -0.496 e. The summed E-state index contributed by atoms with van der Waals surface area (Å²) in [4.78, 5) is 21.3. The number of nitro groups is 1. The van der Waals surface area contributed by atoms with Gasteiger partial charge < -0.3 is 25.6 Å². The van der Waals surface area contributed by atoms with Gasteiger partial charge in [-0.15, -0.1) is 0 Å². The molecule has 24 heavy (non-hydrogen) atoms. The van der Waals surface area contributed by atoms with E-state index in [4.69, 9.17) is 19.7 Å². The number of hydrogen-bond donors (Lipinski definition) is 3. The summed E-state index contributed by atoms with van der Waals surface area (Å²) in [5.41, 5.74) is 5.01. The lowest BCUT2D eigenvalue weighted by molar-refractivity contribution is -0.384. The average Bonchev–Trinajstić information content (AvgIpc) is 2.44. The molecule has 0 saturated heterocycles. The Kier molecular flexibility index (Phi) is 7.97. The van der Waals surface area contributed by atoms with Crippen molar-refractivity contribution in [2.75, 3.05) is 32.2 Å². The van der Waals surface area contributed by atoms with Gasteiger partial charge in [0.15, 0.2) is 0 Å². The Bertz CT molecular complexity index is 579. The summed E-state index contributed by atoms with van der Waals surface area (Å²) in [7, 11) is 3.25. The molecule has 1 aromatic carbocycles. The standard InChI is InChI=1S/C14H22N2O4.CH3NO2/c1-14(2,3)10-8-12(16(18)19)11(9-13(10)20-5)15(4)6-7-17;2-1(3)4/h8-9,17H,6-7H2,1-5H3;2H2,(H,3,4). The number of likely N-dealkylation sites (N-methyl/N-ethyl adjacent to an activating group) is 1. The number of anilines is 1. The summed E-state index contributed by atoms with van der Waals surface area (Å²) < 4.78 is 5.36. The first-order valence-corrected chi connectivity index (χ1v) is 7.13. The van der Waals surface area contributed by atoms with Gasteiger partial charge in [0, 0.05) is 31.3 Å². The molecule has 1 aromatic rings. The van der Waals surface area contributed by atoms with Gasteiger partial charge in [-0.05, 0) is 5.41 Å². The van der Waals surface area contributed by atoms with Crippen LogP contribution in [0.25, 0.3) is 0 Å². The summed E-state index contributed by atoms with van der Waals surface area (Å²) in [5.74, 6) is 0.614. The normalized spacial score (nSPS) is 10.4. The van der Waals surface area contributed by atoms with E-state index in [-0.39, 0.29) is 17.7 Å². The van der Waals surface area contributed by atoms with E-state index in [9.17, 15) is 10.1 Å². The van der Waals surface area contributed by atoms with Crippen LogP contribution in [0.4, 0.5) is 16.2 Å². The topological polar surface area (TPSA) is 139 Å².